The molecule has 0 atom stereocenters. The second-order valence-electron chi connectivity index (χ2n) is 4.77. The van der Waals surface area contributed by atoms with Crippen LogP contribution in [0.15, 0.2) is 6.07 Å². The van der Waals surface area contributed by atoms with Crippen LogP contribution < -0.4 is 0 Å². The van der Waals surface area contributed by atoms with E-state index in [2.05, 4.69) is 17.0 Å². The Kier molecular flexibility index (Phi) is 3.47. The van der Waals surface area contributed by atoms with E-state index in [1.54, 1.807) is 4.68 Å². The summed E-state index contributed by atoms with van der Waals surface area (Å²) >= 11 is 0. The maximum Gasteiger partial charge on any atom is 0.244 e. The number of aromatic nitrogens is 2. The van der Waals surface area contributed by atoms with Crippen LogP contribution in [-0.2, 0) is 11.3 Å². The first-order valence-electron chi connectivity index (χ1n) is 6.03. The number of hydrogen-bond donors (Lipinski definition) is 0. The lowest BCUT2D eigenvalue weighted by Gasteiger charge is -2.32. The number of carbonyl (C=O) groups is 1. The number of amides is 1. The van der Waals surface area contributed by atoms with Crippen LogP contribution >= 0.6 is 0 Å². The molecule has 0 unspecified atom stereocenters. The summed E-state index contributed by atoms with van der Waals surface area (Å²) < 4.78 is 1.79. The number of piperazine rings is 1. The number of likely N-dealkylation sites (N-methyl/N-ethyl adjacent to an activating group) is 1. The smallest absolute Gasteiger partial charge is 0.244 e. The highest BCUT2D eigenvalue weighted by molar-refractivity contribution is 5.76. The summed E-state index contributed by atoms with van der Waals surface area (Å²) in [7, 11) is 2.09. The summed E-state index contributed by atoms with van der Waals surface area (Å²) in [6, 6.07) is 2.00. The van der Waals surface area contributed by atoms with Crippen molar-refractivity contribution in [1.82, 2.24) is 19.6 Å². The Morgan fingerprint density at radius 3 is 2.47 bits per heavy atom. The average Bonchev–Trinajstić information content (AvgIpc) is 2.58. The van der Waals surface area contributed by atoms with Crippen molar-refractivity contribution in [2.24, 2.45) is 0 Å². The molecule has 2 rings (SSSR count). The van der Waals surface area contributed by atoms with Gasteiger partial charge in [-0.25, -0.2) is 0 Å². The molecule has 0 spiro atoms. The minimum atomic E-state index is 0.171. The van der Waals surface area contributed by atoms with Crippen molar-refractivity contribution in [3.63, 3.8) is 0 Å². The van der Waals surface area contributed by atoms with E-state index < -0.39 is 0 Å². The van der Waals surface area contributed by atoms with Gasteiger partial charge in [-0.15, -0.1) is 0 Å². The molecule has 0 radical (unpaired) electrons. The summed E-state index contributed by atoms with van der Waals surface area (Å²) in [6.07, 6.45) is 0. The fourth-order valence-corrected chi connectivity index (χ4v) is 2.12. The topological polar surface area (TPSA) is 41.4 Å². The highest BCUT2D eigenvalue weighted by Gasteiger charge is 2.19. The molecule has 1 aromatic heterocycles. The summed E-state index contributed by atoms with van der Waals surface area (Å²) in [6.45, 7) is 7.87. The molecule has 0 aromatic carbocycles. The lowest BCUT2D eigenvalue weighted by Crippen LogP contribution is -2.48. The molecule has 0 aliphatic carbocycles. The van der Waals surface area contributed by atoms with Gasteiger partial charge in [-0.2, -0.15) is 5.10 Å². The molecule has 1 aliphatic rings. The molecule has 1 aromatic rings. The molecular weight excluding hydrogens is 216 g/mol. The molecule has 0 N–H and O–H groups in total. The van der Waals surface area contributed by atoms with Crippen LogP contribution in [0, 0.1) is 13.8 Å². The average molecular weight is 236 g/mol. The molecule has 1 aliphatic heterocycles. The molecule has 1 saturated heterocycles. The van der Waals surface area contributed by atoms with E-state index in [1.807, 2.05) is 24.8 Å². The normalized spacial score (nSPS) is 17.5. The Hall–Kier alpha value is -1.36. The third-order valence-electron chi connectivity index (χ3n) is 3.24. The van der Waals surface area contributed by atoms with Crippen LogP contribution in [0.5, 0.6) is 0 Å². The summed E-state index contributed by atoms with van der Waals surface area (Å²) in [5, 5.41) is 4.32. The predicted octanol–water partition coefficient (Wildman–Crippen LogP) is 0.274. The van der Waals surface area contributed by atoms with Gasteiger partial charge in [0, 0.05) is 31.9 Å². The summed E-state index contributed by atoms with van der Waals surface area (Å²) in [4.78, 5) is 16.3. The van der Waals surface area contributed by atoms with E-state index in [0.717, 1.165) is 37.6 Å². The second-order valence-corrected chi connectivity index (χ2v) is 4.77. The molecule has 17 heavy (non-hydrogen) atoms. The van der Waals surface area contributed by atoms with Gasteiger partial charge in [0.2, 0.25) is 5.91 Å². The Bertz CT molecular complexity index is 405. The highest BCUT2D eigenvalue weighted by Crippen LogP contribution is 2.05. The minimum absolute atomic E-state index is 0.171. The Morgan fingerprint density at radius 2 is 1.94 bits per heavy atom. The van der Waals surface area contributed by atoms with E-state index in [4.69, 9.17) is 0 Å². The van der Waals surface area contributed by atoms with Crippen molar-refractivity contribution in [1.29, 1.82) is 0 Å². The van der Waals surface area contributed by atoms with Gasteiger partial charge in [0.15, 0.2) is 0 Å². The first-order valence-corrected chi connectivity index (χ1v) is 6.03. The third kappa shape index (κ3) is 2.85. The van der Waals surface area contributed by atoms with Crippen LogP contribution in [0.4, 0.5) is 0 Å². The molecular formula is C12H20N4O. The monoisotopic (exact) mass is 236 g/mol. The maximum atomic E-state index is 12.1. The number of hydrogen-bond acceptors (Lipinski definition) is 3. The minimum Gasteiger partial charge on any atom is -0.339 e. The van der Waals surface area contributed by atoms with Gasteiger partial charge in [-0.3, -0.25) is 9.48 Å². The number of nitrogens with zero attached hydrogens (tertiary/aromatic N) is 4. The summed E-state index contributed by atoms with van der Waals surface area (Å²) in [5.74, 6) is 0.171. The van der Waals surface area contributed by atoms with Gasteiger partial charge in [0.1, 0.15) is 6.54 Å². The molecule has 94 valence electrons. The zero-order valence-electron chi connectivity index (χ0n) is 10.8. The van der Waals surface area contributed by atoms with Gasteiger partial charge in [-0.05, 0) is 27.0 Å². The molecule has 2 heterocycles. The van der Waals surface area contributed by atoms with Gasteiger partial charge in [0.25, 0.3) is 0 Å². The summed E-state index contributed by atoms with van der Waals surface area (Å²) in [5.41, 5.74) is 2.01. The third-order valence-corrected chi connectivity index (χ3v) is 3.24. The molecule has 5 nitrogen and oxygen atoms in total. The van der Waals surface area contributed by atoms with Crippen molar-refractivity contribution in [2.45, 2.75) is 20.4 Å². The van der Waals surface area contributed by atoms with E-state index in [0.29, 0.717) is 6.54 Å². The van der Waals surface area contributed by atoms with Gasteiger partial charge in [0.05, 0.1) is 5.69 Å². The van der Waals surface area contributed by atoms with Gasteiger partial charge in [-0.1, -0.05) is 0 Å². The molecule has 0 bridgehead atoms. The predicted molar refractivity (Wildman–Crippen MR) is 65.8 cm³/mol. The zero-order valence-corrected chi connectivity index (χ0v) is 10.8. The van der Waals surface area contributed by atoms with Crippen molar-refractivity contribution in [3.05, 3.63) is 17.5 Å². The lowest BCUT2D eigenvalue weighted by atomic mass is 10.3. The van der Waals surface area contributed by atoms with Crippen molar-refractivity contribution in [3.8, 4) is 0 Å². The van der Waals surface area contributed by atoms with Crippen molar-refractivity contribution in [2.75, 3.05) is 33.2 Å². The van der Waals surface area contributed by atoms with Crippen LogP contribution in [0.1, 0.15) is 11.4 Å². The standard InChI is InChI=1S/C12H20N4O/c1-10-8-11(2)16(13-10)9-12(17)15-6-4-14(3)5-7-15/h8H,4-7,9H2,1-3H3. The SMILES string of the molecule is Cc1cc(C)n(CC(=O)N2CCN(C)CC2)n1. The van der Waals surface area contributed by atoms with Crippen LogP contribution in [0.25, 0.3) is 0 Å². The largest absolute Gasteiger partial charge is 0.339 e. The maximum absolute atomic E-state index is 12.1. The second kappa shape index (κ2) is 4.87. The highest BCUT2D eigenvalue weighted by atomic mass is 16.2. The molecule has 5 heteroatoms. The lowest BCUT2D eigenvalue weighted by molar-refractivity contribution is -0.133. The fraction of sp³-hybridized carbons (Fsp3) is 0.667. The Labute approximate surface area is 102 Å². The molecule has 1 amide bonds. The Morgan fingerprint density at radius 1 is 1.29 bits per heavy atom. The fourth-order valence-electron chi connectivity index (χ4n) is 2.12. The van der Waals surface area contributed by atoms with Crippen LogP contribution in [-0.4, -0.2) is 58.7 Å². The quantitative estimate of drug-likeness (QED) is 0.740. The van der Waals surface area contributed by atoms with Crippen LogP contribution in [0.2, 0.25) is 0 Å². The van der Waals surface area contributed by atoms with Gasteiger partial charge < -0.3 is 9.80 Å². The van der Waals surface area contributed by atoms with E-state index in [9.17, 15) is 4.79 Å². The number of carbonyl (C=O) groups excluding carboxylic acids is 1. The first-order chi connectivity index (χ1) is 8.06. The van der Waals surface area contributed by atoms with E-state index in [1.165, 1.54) is 0 Å². The first kappa shape index (κ1) is 12.1. The van der Waals surface area contributed by atoms with Crippen molar-refractivity contribution >= 4 is 5.91 Å². The van der Waals surface area contributed by atoms with E-state index >= 15 is 0 Å². The number of rotatable bonds is 2. The number of aryl methyl sites for hydroxylation is 2. The van der Waals surface area contributed by atoms with Gasteiger partial charge >= 0.3 is 0 Å². The molecule has 1 fully saturated rings. The van der Waals surface area contributed by atoms with Crippen molar-refractivity contribution < 1.29 is 4.79 Å². The van der Waals surface area contributed by atoms with Crippen LogP contribution in [0.3, 0.4) is 0 Å². The zero-order chi connectivity index (χ0) is 12.4. The molecule has 0 saturated carbocycles. The van der Waals surface area contributed by atoms with E-state index in [-0.39, 0.29) is 5.91 Å². The Balaban J connectivity index is 1.95.